The minimum Gasteiger partial charge on any atom is -0.497 e. The third-order valence-corrected chi connectivity index (χ3v) is 3.48. The van der Waals surface area contributed by atoms with Gasteiger partial charge in [0.15, 0.2) is 0 Å². The number of hydrogen-bond donors (Lipinski definition) is 2. The molecule has 0 aliphatic carbocycles. The number of benzene rings is 2. The molecule has 0 unspecified atom stereocenters. The van der Waals surface area contributed by atoms with Gasteiger partial charge in [-0.05, 0) is 36.4 Å². The Bertz CT molecular complexity index is 873. The van der Waals surface area contributed by atoms with E-state index in [2.05, 4.69) is 10.3 Å². The van der Waals surface area contributed by atoms with Gasteiger partial charge in [-0.2, -0.15) is 0 Å². The van der Waals surface area contributed by atoms with E-state index in [4.69, 9.17) is 9.47 Å². The quantitative estimate of drug-likeness (QED) is 0.774. The predicted octanol–water partition coefficient (Wildman–Crippen LogP) is 3.58. The summed E-state index contributed by atoms with van der Waals surface area (Å²) in [5, 5.41) is 3.40. The lowest BCUT2D eigenvalue weighted by atomic mass is 10.2. The molecule has 0 fully saturated rings. The first-order chi connectivity index (χ1) is 11.1. The van der Waals surface area contributed by atoms with Crippen molar-refractivity contribution >= 4 is 22.5 Å². The van der Waals surface area contributed by atoms with Crippen molar-refractivity contribution < 1.29 is 18.7 Å². The highest BCUT2D eigenvalue weighted by Gasteiger charge is 2.13. The zero-order chi connectivity index (χ0) is 16.4. The largest absolute Gasteiger partial charge is 0.497 e. The average molecular weight is 314 g/mol. The number of halogens is 1. The fourth-order valence-corrected chi connectivity index (χ4v) is 2.32. The molecule has 0 aliphatic rings. The van der Waals surface area contributed by atoms with Crippen molar-refractivity contribution in [3.05, 3.63) is 54.0 Å². The first kappa shape index (κ1) is 14.9. The number of ether oxygens (including phenoxy) is 2. The number of fused-ring (bicyclic) bond motifs is 1. The normalized spacial score (nSPS) is 10.6. The lowest BCUT2D eigenvalue weighted by Crippen LogP contribution is -2.13. The molecule has 2 aromatic carbocycles. The van der Waals surface area contributed by atoms with Gasteiger partial charge in [0.1, 0.15) is 23.0 Å². The lowest BCUT2D eigenvalue weighted by Gasteiger charge is -2.11. The Morgan fingerprint density at radius 1 is 1.09 bits per heavy atom. The molecular formula is C17H15FN2O3. The van der Waals surface area contributed by atoms with Gasteiger partial charge >= 0.3 is 0 Å². The Morgan fingerprint density at radius 2 is 1.91 bits per heavy atom. The van der Waals surface area contributed by atoms with Gasteiger partial charge in [0.2, 0.25) is 0 Å². The van der Waals surface area contributed by atoms with Gasteiger partial charge in [0.25, 0.3) is 5.91 Å². The van der Waals surface area contributed by atoms with Crippen LogP contribution in [0, 0.1) is 5.82 Å². The molecule has 0 aliphatic heterocycles. The van der Waals surface area contributed by atoms with E-state index >= 15 is 0 Å². The van der Waals surface area contributed by atoms with Crippen molar-refractivity contribution in [2.24, 2.45) is 0 Å². The summed E-state index contributed by atoms with van der Waals surface area (Å²) in [7, 11) is 3.06. The smallest absolute Gasteiger partial charge is 0.272 e. The molecule has 23 heavy (non-hydrogen) atoms. The van der Waals surface area contributed by atoms with Crippen LogP contribution in [-0.4, -0.2) is 25.1 Å². The maximum atomic E-state index is 13.2. The summed E-state index contributed by atoms with van der Waals surface area (Å²) >= 11 is 0. The molecule has 1 amide bonds. The molecule has 2 N–H and O–H groups in total. The molecular weight excluding hydrogens is 299 g/mol. The number of aromatic amines is 1. The lowest BCUT2D eigenvalue weighted by molar-refractivity contribution is 0.102. The Kier molecular flexibility index (Phi) is 3.89. The molecule has 0 bridgehead atoms. The van der Waals surface area contributed by atoms with Crippen LogP contribution in [0.2, 0.25) is 0 Å². The molecule has 0 spiro atoms. The monoisotopic (exact) mass is 314 g/mol. The molecule has 6 heteroatoms. The van der Waals surface area contributed by atoms with Crippen molar-refractivity contribution in [1.82, 2.24) is 4.98 Å². The van der Waals surface area contributed by atoms with Crippen LogP contribution in [0.1, 0.15) is 10.5 Å². The summed E-state index contributed by atoms with van der Waals surface area (Å²) in [6.45, 7) is 0. The van der Waals surface area contributed by atoms with Crippen LogP contribution in [0.15, 0.2) is 42.5 Å². The number of hydrogen-bond acceptors (Lipinski definition) is 3. The average Bonchev–Trinajstić information content (AvgIpc) is 2.98. The number of carbonyl (C=O) groups is 1. The van der Waals surface area contributed by atoms with Crippen molar-refractivity contribution in [2.45, 2.75) is 0 Å². The molecule has 118 valence electrons. The van der Waals surface area contributed by atoms with E-state index in [-0.39, 0.29) is 11.7 Å². The van der Waals surface area contributed by atoms with Gasteiger partial charge in [-0.15, -0.1) is 0 Å². The highest BCUT2D eigenvalue weighted by atomic mass is 19.1. The number of amides is 1. The highest BCUT2D eigenvalue weighted by Crippen LogP contribution is 2.29. The molecule has 0 saturated carbocycles. The standard InChI is InChI=1S/C17H15FN2O3/c1-22-12-4-6-14(16(9-12)23-2)20-17(21)15-8-10-7-11(18)3-5-13(10)19-15/h3-9,19H,1-2H3,(H,20,21). The van der Waals surface area contributed by atoms with Crippen LogP contribution < -0.4 is 14.8 Å². The van der Waals surface area contributed by atoms with E-state index in [1.54, 1.807) is 37.4 Å². The molecule has 0 saturated heterocycles. The summed E-state index contributed by atoms with van der Waals surface area (Å²) in [6, 6.07) is 11.0. The predicted molar refractivity (Wildman–Crippen MR) is 85.8 cm³/mol. The number of nitrogens with one attached hydrogen (secondary N) is 2. The number of aromatic nitrogens is 1. The Labute approximate surface area is 132 Å². The van der Waals surface area contributed by atoms with Crippen LogP contribution in [0.3, 0.4) is 0 Å². The topological polar surface area (TPSA) is 63.3 Å². The SMILES string of the molecule is COc1ccc(NC(=O)c2cc3cc(F)ccc3[nH]2)c(OC)c1. The minimum absolute atomic E-state index is 0.337. The molecule has 0 atom stereocenters. The summed E-state index contributed by atoms with van der Waals surface area (Å²) in [5.41, 5.74) is 1.55. The van der Waals surface area contributed by atoms with Gasteiger partial charge in [-0.1, -0.05) is 0 Å². The van der Waals surface area contributed by atoms with Crippen LogP contribution in [0.5, 0.6) is 11.5 Å². The van der Waals surface area contributed by atoms with E-state index in [1.165, 1.54) is 19.2 Å². The molecule has 5 nitrogen and oxygen atoms in total. The summed E-state index contributed by atoms with van der Waals surface area (Å²) in [4.78, 5) is 15.3. The summed E-state index contributed by atoms with van der Waals surface area (Å²) < 4.78 is 23.6. The molecule has 3 rings (SSSR count). The number of rotatable bonds is 4. The maximum absolute atomic E-state index is 13.2. The van der Waals surface area contributed by atoms with Gasteiger partial charge in [0, 0.05) is 17.0 Å². The van der Waals surface area contributed by atoms with E-state index in [0.717, 1.165) is 0 Å². The number of H-pyrrole nitrogens is 1. The molecule has 1 heterocycles. The number of carbonyl (C=O) groups excluding carboxylic acids is 1. The van der Waals surface area contributed by atoms with Gasteiger partial charge in [0.05, 0.1) is 19.9 Å². The third kappa shape index (κ3) is 2.96. The van der Waals surface area contributed by atoms with Crippen molar-refractivity contribution in [3.63, 3.8) is 0 Å². The van der Waals surface area contributed by atoms with Crippen LogP contribution >= 0.6 is 0 Å². The number of methoxy groups -OCH3 is 2. The molecule has 3 aromatic rings. The van der Waals surface area contributed by atoms with Crippen molar-refractivity contribution in [3.8, 4) is 11.5 Å². The Hall–Kier alpha value is -3.02. The van der Waals surface area contributed by atoms with E-state index < -0.39 is 0 Å². The third-order valence-electron chi connectivity index (χ3n) is 3.48. The van der Waals surface area contributed by atoms with Gasteiger partial charge in [-0.3, -0.25) is 4.79 Å². The Morgan fingerprint density at radius 3 is 2.65 bits per heavy atom. The van der Waals surface area contributed by atoms with Gasteiger partial charge in [-0.25, -0.2) is 4.39 Å². The van der Waals surface area contributed by atoms with E-state index in [9.17, 15) is 9.18 Å². The van der Waals surface area contributed by atoms with E-state index in [0.29, 0.717) is 33.8 Å². The Balaban J connectivity index is 1.88. The minimum atomic E-state index is -0.347. The first-order valence-electron chi connectivity index (χ1n) is 6.92. The van der Waals surface area contributed by atoms with Crippen LogP contribution in [0.25, 0.3) is 10.9 Å². The summed E-state index contributed by atoms with van der Waals surface area (Å²) in [5.74, 6) is 0.422. The van der Waals surface area contributed by atoms with Gasteiger partial charge < -0.3 is 19.8 Å². The highest BCUT2D eigenvalue weighted by molar-refractivity contribution is 6.06. The zero-order valence-corrected chi connectivity index (χ0v) is 12.6. The van der Waals surface area contributed by atoms with E-state index in [1.807, 2.05) is 0 Å². The molecule has 1 aromatic heterocycles. The van der Waals surface area contributed by atoms with Crippen LogP contribution in [0.4, 0.5) is 10.1 Å². The summed E-state index contributed by atoms with van der Waals surface area (Å²) in [6.07, 6.45) is 0. The second-order valence-electron chi connectivity index (χ2n) is 4.93. The second-order valence-corrected chi connectivity index (χ2v) is 4.93. The fraction of sp³-hybridized carbons (Fsp3) is 0.118. The van der Waals surface area contributed by atoms with Crippen molar-refractivity contribution in [1.29, 1.82) is 0 Å². The van der Waals surface area contributed by atoms with Crippen molar-refractivity contribution in [2.75, 3.05) is 19.5 Å². The maximum Gasteiger partial charge on any atom is 0.272 e. The second kappa shape index (κ2) is 6.00. The first-order valence-corrected chi connectivity index (χ1v) is 6.92. The fourth-order valence-electron chi connectivity index (χ4n) is 2.32. The molecule has 0 radical (unpaired) electrons. The van der Waals surface area contributed by atoms with Crippen LogP contribution in [-0.2, 0) is 0 Å². The number of anilines is 1. The zero-order valence-electron chi connectivity index (χ0n) is 12.6.